The molecule has 0 aliphatic rings. The lowest BCUT2D eigenvalue weighted by atomic mass is 10.1. The van der Waals surface area contributed by atoms with E-state index in [0.717, 1.165) is 22.4 Å². The number of halogens is 4. The third-order valence-corrected chi connectivity index (χ3v) is 10.3. The van der Waals surface area contributed by atoms with Gasteiger partial charge in [-0.1, -0.05) is 94.9 Å². The Hall–Kier alpha value is -6.83. The molecule has 0 bridgehead atoms. The van der Waals surface area contributed by atoms with Crippen LogP contribution in [0.4, 0.5) is 39.4 Å². The van der Waals surface area contributed by atoms with Crippen LogP contribution in [0.5, 0.6) is 0 Å². The van der Waals surface area contributed by atoms with Gasteiger partial charge in [0.15, 0.2) is 11.6 Å². The van der Waals surface area contributed by atoms with Gasteiger partial charge < -0.3 is 42.9 Å². The number of carbonyl (C=O) groups is 1. The predicted octanol–water partition coefficient (Wildman–Crippen LogP) is 9.16. The fourth-order valence-electron chi connectivity index (χ4n) is 5.90. The smallest absolute Gasteiger partial charge is 0.319 e. The fourth-order valence-corrected chi connectivity index (χ4v) is 6.66. The minimum atomic E-state index is -0.615. The lowest BCUT2D eigenvalue weighted by molar-refractivity contribution is 0.225. The number of urea groups is 1. The van der Waals surface area contributed by atoms with E-state index < -0.39 is 12.1 Å². The number of aryl methyl sites for hydroxylation is 2. The Morgan fingerprint density at radius 3 is 1.68 bits per heavy atom. The summed E-state index contributed by atoms with van der Waals surface area (Å²) in [4.78, 5) is 30.0. The topological polar surface area (TPSA) is 245 Å². The van der Waals surface area contributed by atoms with Crippen molar-refractivity contribution in [3.63, 3.8) is 0 Å². The molecule has 0 aliphatic heterocycles. The van der Waals surface area contributed by atoms with E-state index in [2.05, 4.69) is 51.4 Å². The van der Waals surface area contributed by atoms with Gasteiger partial charge in [0.05, 0.1) is 82.9 Å². The van der Waals surface area contributed by atoms with Gasteiger partial charge in [-0.15, -0.1) is 0 Å². The van der Waals surface area contributed by atoms with Gasteiger partial charge in [-0.25, -0.2) is 24.1 Å². The summed E-state index contributed by atoms with van der Waals surface area (Å²) in [6.45, 7) is 3.42. The van der Waals surface area contributed by atoms with Gasteiger partial charge in [-0.05, 0) is 73.5 Å². The van der Waals surface area contributed by atoms with E-state index >= 15 is 0 Å². The number of para-hydroxylation sites is 2. The summed E-state index contributed by atoms with van der Waals surface area (Å²) in [5, 5.41) is 40.8. The van der Waals surface area contributed by atoms with Crippen molar-refractivity contribution >= 4 is 87.1 Å². The fraction of sp³-hybridized carbons (Fsp3) is 0.133. The molecule has 17 nitrogen and oxygen atoms in total. The highest BCUT2D eigenvalue weighted by Crippen LogP contribution is 2.26. The summed E-state index contributed by atoms with van der Waals surface area (Å²) >= 11 is 24.0. The minimum Gasteiger partial charge on any atom is -0.396 e. The Labute approximate surface area is 399 Å². The maximum absolute atomic E-state index is 12.5. The number of nitrogens with zero attached hydrogens (tertiary/aromatic N) is 8. The van der Waals surface area contributed by atoms with Gasteiger partial charge in [0.2, 0.25) is 11.9 Å². The first-order valence-corrected chi connectivity index (χ1v) is 21.4. The Morgan fingerprint density at radius 2 is 1.18 bits per heavy atom. The van der Waals surface area contributed by atoms with E-state index in [1.807, 2.05) is 62.4 Å². The summed E-state index contributed by atoms with van der Waals surface area (Å²) in [5.74, 6) is 1.99. The van der Waals surface area contributed by atoms with Crippen molar-refractivity contribution < 1.29 is 15.0 Å². The average Bonchev–Trinajstić information content (AvgIpc) is 3.97. The SMILES string of the molecule is Cc1cnc(Nc2ccccc2Cl)nc1-n1cc(N)cn1.Cc1cnc(Nc2ccccc2Cl)nc1-n1cc(NC(=O)N[C@H](CO)c2cccc(Cl)c2)cn1.N[C@H](CO)c1cccc(Cl)c1. The van der Waals surface area contributed by atoms with Crippen LogP contribution in [0.15, 0.2) is 134 Å². The number of aliphatic hydroxyl groups is 2. The lowest BCUT2D eigenvalue weighted by Gasteiger charge is -2.17. The van der Waals surface area contributed by atoms with E-state index in [1.54, 1.807) is 84.2 Å². The number of amides is 2. The summed E-state index contributed by atoms with van der Waals surface area (Å²) in [6, 6.07) is 27.4. The normalized spacial score (nSPS) is 11.5. The molecule has 0 radical (unpaired) electrons. The largest absolute Gasteiger partial charge is 0.396 e. The molecule has 4 heterocycles. The first kappa shape index (κ1) is 48.6. The first-order chi connectivity index (χ1) is 31.8. The Balaban J connectivity index is 0.000000189. The zero-order valence-corrected chi connectivity index (χ0v) is 38.3. The summed E-state index contributed by atoms with van der Waals surface area (Å²) in [5.41, 5.74) is 16.9. The third kappa shape index (κ3) is 13.6. The molecule has 0 unspecified atom stereocenters. The van der Waals surface area contributed by atoms with Crippen molar-refractivity contribution in [2.24, 2.45) is 5.73 Å². The summed E-state index contributed by atoms with van der Waals surface area (Å²) < 4.78 is 3.15. The maximum Gasteiger partial charge on any atom is 0.319 e. The molecule has 0 fully saturated rings. The van der Waals surface area contributed by atoms with Crippen molar-refractivity contribution in [2.45, 2.75) is 25.9 Å². The molecule has 10 N–H and O–H groups in total. The maximum atomic E-state index is 12.5. The van der Waals surface area contributed by atoms with Gasteiger partial charge >= 0.3 is 6.03 Å². The van der Waals surface area contributed by atoms with Gasteiger partial charge in [-0.3, -0.25) is 0 Å². The zero-order valence-electron chi connectivity index (χ0n) is 35.3. The number of nitrogens with two attached hydrogens (primary N) is 2. The Bertz CT molecular complexity index is 2880. The number of anilines is 6. The highest BCUT2D eigenvalue weighted by Gasteiger charge is 2.16. The van der Waals surface area contributed by atoms with Crippen LogP contribution < -0.4 is 32.7 Å². The van der Waals surface area contributed by atoms with Crippen LogP contribution in [0.25, 0.3) is 11.6 Å². The molecule has 2 amide bonds. The average molecular weight is 971 g/mol. The summed E-state index contributed by atoms with van der Waals surface area (Å²) in [7, 11) is 0. The zero-order chi connectivity index (χ0) is 47.2. The lowest BCUT2D eigenvalue weighted by Crippen LogP contribution is -2.34. The molecule has 2 atom stereocenters. The highest BCUT2D eigenvalue weighted by atomic mass is 35.5. The molecular formula is C45H44Cl4N14O3. The number of benzene rings is 4. The second-order valence-corrected chi connectivity index (χ2v) is 15.9. The van der Waals surface area contributed by atoms with E-state index in [1.165, 1.54) is 10.9 Å². The minimum absolute atomic E-state index is 0.0552. The van der Waals surface area contributed by atoms with Crippen LogP contribution in [-0.2, 0) is 0 Å². The van der Waals surface area contributed by atoms with E-state index in [4.69, 9.17) is 63.0 Å². The van der Waals surface area contributed by atoms with Crippen molar-refractivity contribution in [2.75, 3.05) is 34.9 Å². The van der Waals surface area contributed by atoms with Crippen LogP contribution in [0.1, 0.15) is 34.3 Å². The number of hydrogen-bond donors (Lipinski definition) is 8. The molecule has 8 rings (SSSR count). The quantitative estimate of drug-likeness (QED) is 0.0570. The number of carbonyl (C=O) groups excluding carboxylic acids is 1. The molecule has 21 heteroatoms. The molecule has 0 saturated heterocycles. The first-order valence-electron chi connectivity index (χ1n) is 19.9. The number of rotatable bonds is 12. The molecule has 66 heavy (non-hydrogen) atoms. The molecule has 340 valence electrons. The number of hydrogen-bond acceptors (Lipinski definition) is 13. The highest BCUT2D eigenvalue weighted by molar-refractivity contribution is 6.33. The molecule has 0 saturated carbocycles. The van der Waals surface area contributed by atoms with E-state index in [0.29, 0.717) is 66.2 Å². The molecule has 0 spiro atoms. The molecule has 4 aromatic carbocycles. The second kappa shape index (κ2) is 23.4. The van der Waals surface area contributed by atoms with Crippen molar-refractivity contribution in [3.05, 3.63) is 177 Å². The van der Waals surface area contributed by atoms with Crippen LogP contribution in [0, 0.1) is 13.8 Å². The van der Waals surface area contributed by atoms with Crippen LogP contribution in [0.2, 0.25) is 20.1 Å². The molecule has 8 aromatic rings. The number of aromatic nitrogens is 8. The van der Waals surface area contributed by atoms with Gasteiger partial charge in [0.25, 0.3) is 0 Å². The number of nitrogen functional groups attached to an aromatic ring is 1. The van der Waals surface area contributed by atoms with Gasteiger partial charge in [0, 0.05) is 33.6 Å². The Morgan fingerprint density at radius 1 is 0.667 bits per heavy atom. The third-order valence-electron chi connectivity index (χ3n) is 9.22. The van der Waals surface area contributed by atoms with E-state index in [-0.39, 0.29) is 19.3 Å². The van der Waals surface area contributed by atoms with Crippen LogP contribution in [0.3, 0.4) is 0 Å². The van der Waals surface area contributed by atoms with Gasteiger partial charge in [0.1, 0.15) is 0 Å². The number of nitrogens with one attached hydrogen (secondary N) is 4. The standard InChI is InChI=1S/C23H21Cl2N7O2.C14H13ClN6.C8H10ClNO/c1-14-10-26-22(29-19-8-3-2-7-18(19)25)31-21(14)32-12-17(11-27-32)28-23(34)30-20(13-33)15-5-4-6-16(24)9-15;1-9-6-17-14(19-12-5-3-2-4-11(12)15)20-13(9)21-8-10(16)7-18-21;9-7-3-1-2-6(4-7)8(10)5-11/h2-12,20,33H,13H2,1H3,(H,26,29,31)(H2,28,30,34);2-8H,16H2,1H3,(H,17,19,20);1-4,8,11H,5,10H2/t20-;;8-/m1.1/s1. The summed E-state index contributed by atoms with van der Waals surface area (Å²) in [6.07, 6.45) is 9.79. The van der Waals surface area contributed by atoms with Crippen molar-refractivity contribution in [3.8, 4) is 11.6 Å². The molecule has 0 aliphatic carbocycles. The predicted molar refractivity (Wildman–Crippen MR) is 261 cm³/mol. The monoisotopic (exact) mass is 968 g/mol. The van der Waals surface area contributed by atoms with Crippen LogP contribution >= 0.6 is 46.4 Å². The molecular weight excluding hydrogens is 926 g/mol. The second-order valence-electron chi connectivity index (χ2n) is 14.2. The van der Waals surface area contributed by atoms with Gasteiger partial charge in [-0.2, -0.15) is 20.2 Å². The number of aliphatic hydroxyl groups excluding tert-OH is 2. The molecule has 4 aromatic heterocycles. The Kier molecular flexibility index (Phi) is 17.2. The van der Waals surface area contributed by atoms with E-state index in [9.17, 15) is 9.90 Å². The van der Waals surface area contributed by atoms with Crippen molar-refractivity contribution in [1.29, 1.82) is 0 Å². The van der Waals surface area contributed by atoms with Crippen molar-refractivity contribution in [1.82, 2.24) is 44.8 Å². The van der Waals surface area contributed by atoms with Crippen LogP contribution in [-0.4, -0.2) is 69.0 Å².